The van der Waals surface area contributed by atoms with E-state index in [9.17, 15) is 0 Å². The van der Waals surface area contributed by atoms with Crippen LogP contribution in [-0.4, -0.2) is 26.1 Å². The van der Waals surface area contributed by atoms with E-state index in [1.165, 1.54) is 5.56 Å². The summed E-state index contributed by atoms with van der Waals surface area (Å²) >= 11 is 0. The lowest BCUT2D eigenvalue weighted by molar-refractivity contribution is 0.462. The van der Waals surface area contributed by atoms with Crippen LogP contribution in [0.1, 0.15) is 51.4 Å². The summed E-state index contributed by atoms with van der Waals surface area (Å²) in [6.07, 6.45) is 5.16. The van der Waals surface area contributed by atoms with Gasteiger partial charge in [0.25, 0.3) is 0 Å². The summed E-state index contributed by atoms with van der Waals surface area (Å²) < 4.78 is 4.10. The van der Waals surface area contributed by atoms with E-state index in [1.807, 2.05) is 10.9 Å². The molecular weight excluding hydrogens is 250 g/mol. The van der Waals surface area contributed by atoms with Crippen LogP contribution in [0, 0.1) is 0 Å². The number of aryl methyl sites for hydroxylation is 1. The Morgan fingerprint density at radius 3 is 2.85 bits per heavy atom. The lowest BCUT2D eigenvalue weighted by Crippen LogP contribution is -2.24. The standard InChI is InChI=1S/C15H23N5/c1-5-19-10-11(9-17-19)12-6-7-16-14-8-13(15(2,3)4)18-20(12)14/h8-10,12,16H,5-7H2,1-4H3. The number of hydrogen-bond donors (Lipinski definition) is 1. The molecule has 0 bridgehead atoms. The molecule has 1 aliphatic heterocycles. The van der Waals surface area contributed by atoms with Crippen LogP contribution in [0.25, 0.3) is 0 Å². The third-order valence-corrected chi connectivity index (χ3v) is 3.89. The highest BCUT2D eigenvalue weighted by Gasteiger charge is 2.27. The van der Waals surface area contributed by atoms with Crippen LogP contribution in [0.4, 0.5) is 5.82 Å². The molecule has 0 radical (unpaired) electrons. The van der Waals surface area contributed by atoms with E-state index in [-0.39, 0.29) is 5.41 Å². The van der Waals surface area contributed by atoms with Crippen molar-refractivity contribution in [2.45, 2.75) is 52.1 Å². The Hall–Kier alpha value is -1.78. The SMILES string of the molecule is CCn1cc(C2CCNc3cc(C(C)(C)C)nn32)cn1. The molecule has 3 rings (SSSR count). The van der Waals surface area contributed by atoms with Crippen molar-refractivity contribution in [1.82, 2.24) is 19.6 Å². The molecule has 1 aliphatic rings. The van der Waals surface area contributed by atoms with Crippen molar-refractivity contribution in [2.75, 3.05) is 11.9 Å². The molecule has 1 atom stereocenters. The molecule has 1 unspecified atom stereocenters. The van der Waals surface area contributed by atoms with Crippen LogP contribution < -0.4 is 5.32 Å². The van der Waals surface area contributed by atoms with E-state index in [4.69, 9.17) is 5.10 Å². The summed E-state index contributed by atoms with van der Waals surface area (Å²) in [5.74, 6) is 1.12. The van der Waals surface area contributed by atoms with Gasteiger partial charge in [-0.2, -0.15) is 10.2 Å². The Bertz CT molecular complexity index is 602. The number of hydrogen-bond acceptors (Lipinski definition) is 3. The van der Waals surface area contributed by atoms with Gasteiger partial charge in [-0.25, -0.2) is 4.68 Å². The number of fused-ring (bicyclic) bond motifs is 1. The van der Waals surface area contributed by atoms with Crippen molar-refractivity contribution in [2.24, 2.45) is 0 Å². The van der Waals surface area contributed by atoms with Crippen LogP contribution in [0.2, 0.25) is 0 Å². The average Bonchev–Trinajstić information content (AvgIpc) is 3.04. The molecule has 108 valence electrons. The molecule has 0 amide bonds. The van der Waals surface area contributed by atoms with Crippen molar-refractivity contribution in [3.05, 3.63) is 29.7 Å². The molecule has 0 saturated heterocycles. The van der Waals surface area contributed by atoms with Crippen molar-refractivity contribution >= 4 is 5.82 Å². The first kappa shape index (κ1) is 13.2. The van der Waals surface area contributed by atoms with Gasteiger partial charge in [0, 0.05) is 36.3 Å². The second kappa shape index (κ2) is 4.65. The van der Waals surface area contributed by atoms with Crippen LogP contribution in [0.15, 0.2) is 18.5 Å². The molecule has 3 heterocycles. The van der Waals surface area contributed by atoms with Gasteiger partial charge in [0.05, 0.1) is 17.9 Å². The molecule has 1 N–H and O–H groups in total. The third kappa shape index (κ3) is 2.21. The molecule has 0 spiro atoms. The van der Waals surface area contributed by atoms with Crippen molar-refractivity contribution in [3.8, 4) is 0 Å². The zero-order valence-corrected chi connectivity index (χ0v) is 12.7. The second-order valence-corrected chi connectivity index (χ2v) is 6.47. The number of nitrogens with zero attached hydrogens (tertiary/aromatic N) is 4. The number of aromatic nitrogens is 4. The zero-order valence-electron chi connectivity index (χ0n) is 12.7. The summed E-state index contributed by atoms with van der Waals surface area (Å²) in [6.45, 7) is 10.6. The Balaban J connectivity index is 1.99. The van der Waals surface area contributed by atoms with Crippen LogP contribution >= 0.6 is 0 Å². The normalized spacial score (nSPS) is 18.7. The Morgan fingerprint density at radius 2 is 2.20 bits per heavy atom. The van der Waals surface area contributed by atoms with Gasteiger partial charge >= 0.3 is 0 Å². The second-order valence-electron chi connectivity index (χ2n) is 6.47. The Morgan fingerprint density at radius 1 is 1.40 bits per heavy atom. The maximum Gasteiger partial charge on any atom is 0.125 e. The fraction of sp³-hybridized carbons (Fsp3) is 0.600. The van der Waals surface area contributed by atoms with Crippen molar-refractivity contribution in [3.63, 3.8) is 0 Å². The van der Waals surface area contributed by atoms with E-state index >= 15 is 0 Å². The van der Waals surface area contributed by atoms with Crippen LogP contribution in [0.3, 0.4) is 0 Å². The minimum Gasteiger partial charge on any atom is -0.370 e. The smallest absolute Gasteiger partial charge is 0.125 e. The molecule has 0 aromatic carbocycles. The molecule has 2 aromatic rings. The Labute approximate surface area is 120 Å². The van der Waals surface area contributed by atoms with Gasteiger partial charge < -0.3 is 5.32 Å². The molecule has 0 saturated carbocycles. The molecular formula is C15H23N5. The minimum absolute atomic E-state index is 0.0736. The summed E-state index contributed by atoms with van der Waals surface area (Å²) in [5, 5.41) is 12.7. The predicted octanol–water partition coefficient (Wildman–Crippen LogP) is 2.80. The summed E-state index contributed by atoms with van der Waals surface area (Å²) in [4.78, 5) is 0. The monoisotopic (exact) mass is 273 g/mol. The Kier molecular flexibility index (Phi) is 3.07. The molecule has 5 nitrogen and oxygen atoms in total. The molecule has 0 fully saturated rings. The third-order valence-electron chi connectivity index (χ3n) is 3.89. The van der Waals surface area contributed by atoms with E-state index in [0.717, 1.165) is 31.0 Å². The first-order valence-corrected chi connectivity index (χ1v) is 7.35. The van der Waals surface area contributed by atoms with Crippen LogP contribution in [0.5, 0.6) is 0 Å². The maximum absolute atomic E-state index is 4.83. The highest BCUT2D eigenvalue weighted by Crippen LogP contribution is 2.32. The first-order chi connectivity index (χ1) is 9.49. The number of nitrogens with one attached hydrogen (secondary N) is 1. The predicted molar refractivity (Wildman–Crippen MR) is 80.1 cm³/mol. The minimum atomic E-state index is 0.0736. The summed E-state index contributed by atoms with van der Waals surface area (Å²) in [5.41, 5.74) is 2.46. The maximum atomic E-state index is 4.83. The molecule has 2 aromatic heterocycles. The molecule has 0 aliphatic carbocycles. The van der Waals surface area contributed by atoms with Gasteiger partial charge in [-0.1, -0.05) is 20.8 Å². The van der Waals surface area contributed by atoms with Gasteiger partial charge in [-0.05, 0) is 13.3 Å². The first-order valence-electron chi connectivity index (χ1n) is 7.35. The van der Waals surface area contributed by atoms with Crippen LogP contribution in [-0.2, 0) is 12.0 Å². The van der Waals surface area contributed by atoms with Gasteiger partial charge in [0.15, 0.2) is 0 Å². The topological polar surface area (TPSA) is 47.7 Å². The lowest BCUT2D eigenvalue weighted by Gasteiger charge is -2.24. The van der Waals surface area contributed by atoms with E-state index < -0.39 is 0 Å². The zero-order chi connectivity index (χ0) is 14.3. The van der Waals surface area contributed by atoms with Gasteiger partial charge in [0.2, 0.25) is 0 Å². The van der Waals surface area contributed by atoms with Gasteiger partial charge in [0.1, 0.15) is 5.82 Å². The largest absolute Gasteiger partial charge is 0.370 e. The van der Waals surface area contributed by atoms with E-state index in [0.29, 0.717) is 6.04 Å². The quantitative estimate of drug-likeness (QED) is 0.915. The highest BCUT2D eigenvalue weighted by atomic mass is 15.4. The highest BCUT2D eigenvalue weighted by molar-refractivity contribution is 5.42. The number of rotatable bonds is 2. The number of anilines is 1. The molecule has 20 heavy (non-hydrogen) atoms. The van der Waals surface area contributed by atoms with Gasteiger partial charge in [-0.15, -0.1) is 0 Å². The lowest BCUT2D eigenvalue weighted by atomic mass is 9.92. The average molecular weight is 273 g/mol. The fourth-order valence-corrected chi connectivity index (χ4v) is 2.62. The summed E-state index contributed by atoms with van der Waals surface area (Å²) in [7, 11) is 0. The fourth-order valence-electron chi connectivity index (χ4n) is 2.62. The van der Waals surface area contributed by atoms with Gasteiger partial charge in [-0.3, -0.25) is 4.68 Å². The molecule has 5 heteroatoms. The van der Waals surface area contributed by atoms with E-state index in [1.54, 1.807) is 0 Å². The van der Waals surface area contributed by atoms with E-state index in [2.05, 4.69) is 55.1 Å². The summed E-state index contributed by atoms with van der Waals surface area (Å²) in [6, 6.07) is 2.47. The van der Waals surface area contributed by atoms with Crippen molar-refractivity contribution in [1.29, 1.82) is 0 Å². The van der Waals surface area contributed by atoms with Crippen molar-refractivity contribution < 1.29 is 0 Å².